The molecule has 0 saturated heterocycles. The SMILES string of the molecule is CCc1ccccc1OCC(=O)NNC(=O)CCCOc1cccc(C)c1. The summed E-state index contributed by atoms with van der Waals surface area (Å²) >= 11 is 0. The van der Waals surface area contributed by atoms with E-state index in [1.54, 1.807) is 0 Å². The van der Waals surface area contributed by atoms with Crippen molar-refractivity contribution in [2.45, 2.75) is 33.1 Å². The summed E-state index contributed by atoms with van der Waals surface area (Å²) < 4.78 is 11.1. The lowest BCUT2D eigenvalue weighted by molar-refractivity contribution is -0.130. The molecule has 0 bridgehead atoms. The van der Waals surface area contributed by atoms with E-state index in [0.717, 1.165) is 23.3 Å². The second-order valence-electron chi connectivity index (χ2n) is 6.11. The van der Waals surface area contributed by atoms with E-state index in [4.69, 9.17) is 9.47 Å². The van der Waals surface area contributed by atoms with Gasteiger partial charge in [-0.2, -0.15) is 0 Å². The van der Waals surface area contributed by atoms with E-state index in [1.807, 2.05) is 62.4 Å². The molecule has 0 unspecified atom stereocenters. The number of hydrogen-bond donors (Lipinski definition) is 2. The number of amides is 2. The monoisotopic (exact) mass is 370 g/mol. The molecule has 0 fully saturated rings. The van der Waals surface area contributed by atoms with Crippen molar-refractivity contribution in [3.05, 3.63) is 59.7 Å². The minimum atomic E-state index is -0.412. The molecule has 2 amide bonds. The first-order valence-corrected chi connectivity index (χ1v) is 9.06. The van der Waals surface area contributed by atoms with Crippen molar-refractivity contribution >= 4 is 11.8 Å². The number of benzene rings is 2. The number of rotatable bonds is 9. The predicted octanol–water partition coefficient (Wildman–Crippen LogP) is 2.94. The van der Waals surface area contributed by atoms with Gasteiger partial charge in [0.1, 0.15) is 11.5 Å². The summed E-state index contributed by atoms with van der Waals surface area (Å²) in [5.74, 6) is 0.776. The molecule has 2 rings (SSSR count). The zero-order valence-electron chi connectivity index (χ0n) is 15.8. The number of nitrogens with one attached hydrogen (secondary N) is 2. The molecule has 0 spiro atoms. The van der Waals surface area contributed by atoms with Crippen LogP contribution in [0.15, 0.2) is 48.5 Å². The Hall–Kier alpha value is -3.02. The Labute approximate surface area is 159 Å². The molecule has 0 aromatic heterocycles. The fourth-order valence-electron chi connectivity index (χ4n) is 2.45. The van der Waals surface area contributed by atoms with Gasteiger partial charge in [0.05, 0.1) is 6.61 Å². The van der Waals surface area contributed by atoms with Gasteiger partial charge in [0, 0.05) is 6.42 Å². The number of aryl methyl sites for hydroxylation is 2. The van der Waals surface area contributed by atoms with E-state index in [2.05, 4.69) is 10.9 Å². The van der Waals surface area contributed by atoms with Crippen molar-refractivity contribution < 1.29 is 19.1 Å². The Morgan fingerprint density at radius 3 is 2.52 bits per heavy atom. The minimum Gasteiger partial charge on any atom is -0.494 e. The molecule has 2 aromatic rings. The lowest BCUT2D eigenvalue weighted by Gasteiger charge is -2.11. The fourth-order valence-corrected chi connectivity index (χ4v) is 2.45. The highest BCUT2D eigenvalue weighted by molar-refractivity contribution is 5.82. The van der Waals surface area contributed by atoms with Crippen LogP contribution in [0.25, 0.3) is 0 Å². The van der Waals surface area contributed by atoms with Gasteiger partial charge in [0.15, 0.2) is 6.61 Å². The lowest BCUT2D eigenvalue weighted by atomic mass is 10.1. The standard InChI is InChI=1S/C21H26N2O4/c1-3-17-9-4-5-11-19(17)27-15-21(25)23-22-20(24)12-7-13-26-18-10-6-8-16(2)14-18/h4-6,8-11,14H,3,7,12-13,15H2,1-2H3,(H,22,24)(H,23,25). The molecule has 0 aliphatic heterocycles. The molecule has 2 aromatic carbocycles. The van der Waals surface area contributed by atoms with Crippen molar-refractivity contribution in [2.24, 2.45) is 0 Å². The molecule has 27 heavy (non-hydrogen) atoms. The van der Waals surface area contributed by atoms with Crippen LogP contribution >= 0.6 is 0 Å². The third-order valence-electron chi connectivity index (χ3n) is 3.86. The highest BCUT2D eigenvalue weighted by Crippen LogP contribution is 2.17. The summed E-state index contributed by atoms with van der Waals surface area (Å²) in [6.07, 6.45) is 1.63. The zero-order chi connectivity index (χ0) is 19.5. The molecule has 0 radical (unpaired) electrons. The van der Waals surface area contributed by atoms with Crippen LogP contribution in [0.1, 0.15) is 30.9 Å². The van der Waals surface area contributed by atoms with Gasteiger partial charge in [0.25, 0.3) is 5.91 Å². The van der Waals surface area contributed by atoms with Gasteiger partial charge >= 0.3 is 0 Å². The van der Waals surface area contributed by atoms with Gasteiger partial charge in [-0.3, -0.25) is 20.4 Å². The molecule has 0 atom stereocenters. The van der Waals surface area contributed by atoms with Gasteiger partial charge in [-0.1, -0.05) is 37.3 Å². The molecular weight excluding hydrogens is 344 g/mol. The topological polar surface area (TPSA) is 76.7 Å². The van der Waals surface area contributed by atoms with Crippen LogP contribution in [0, 0.1) is 6.92 Å². The van der Waals surface area contributed by atoms with Crippen LogP contribution in [-0.4, -0.2) is 25.0 Å². The highest BCUT2D eigenvalue weighted by Gasteiger charge is 2.07. The maximum Gasteiger partial charge on any atom is 0.276 e. The summed E-state index contributed by atoms with van der Waals surface area (Å²) in [6, 6.07) is 15.3. The molecule has 0 heterocycles. The Bertz CT molecular complexity index is 761. The molecule has 0 saturated carbocycles. The first-order chi connectivity index (χ1) is 13.1. The van der Waals surface area contributed by atoms with Gasteiger partial charge in [0.2, 0.25) is 5.91 Å². The fraction of sp³-hybridized carbons (Fsp3) is 0.333. The number of carbonyl (C=O) groups excluding carboxylic acids is 2. The number of hydrazine groups is 1. The van der Waals surface area contributed by atoms with E-state index in [1.165, 1.54) is 0 Å². The van der Waals surface area contributed by atoms with Crippen molar-refractivity contribution in [2.75, 3.05) is 13.2 Å². The van der Waals surface area contributed by atoms with Crippen LogP contribution in [0.2, 0.25) is 0 Å². The molecule has 144 valence electrons. The van der Waals surface area contributed by atoms with Gasteiger partial charge in [-0.15, -0.1) is 0 Å². The smallest absolute Gasteiger partial charge is 0.276 e. The van der Waals surface area contributed by atoms with Gasteiger partial charge < -0.3 is 9.47 Å². The number of ether oxygens (including phenoxy) is 2. The Morgan fingerprint density at radius 1 is 0.963 bits per heavy atom. The van der Waals surface area contributed by atoms with E-state index >= 15 is 0 Å². The minimum absolute atomic E-state index is 0.159. The van der Waals surface area contributed by atoms with Crippen LogP contribution in [0.3, 0.4) is 0 Å². The van der Waals surface area contributed by atoms with E-state index < -0.39 is 5.91 Å². The average molecular weight is 370 g/mol. The third kappa shape index (κ3) is 7.40. The average Bonchev–Trinajstić information content (AvgIpc) is 2.68. The number of hydrogen-bond acceptors (Lipinski definition) is 4. The maximum atomic E-state index is 11.8. The number of para-hydroxylation sites is 1. The quantitative estimate of drug-likeness (QED) is 0.526. The first-order valence-electron chi connectivity index (χ1n) is 9.06. The molecule has 0 aliphatic rings. The summed E-state index contributed by atoms with van der Waals surface area (Å²) in [5.41, 5.74) is 6.89. The summed E-state index contributed by atoms with van der Waals surface area (Å²) in [6.45, 7) is 4.29. The summed E-state index contributed by atoms with van der Waals surface area (Å²) in [7, 11) is 0. The highest BCUT2D eigenvalue weighted by atomic mass is 16.5. The van der Waals surface area contributed by atoms with E-state index in [9.17, 15) is 9.59 Å². The molecule has 2 N–H and O–H groups in total. The van der Waals surface area contributed by atoms with Gasteiger partial charge in [-0.05, 0) is 49.1 Å². The van der Waals surface area contributed by atoms with E-state index in [-0.39, 0.29) is 18.9 Å². The van der Waals surface area contributed by atoms with Crippen LogP contribution < -0.4 is 20.3 Å². The lowest BCUT2D eigenvalue weighted by Crippen LogP contribution is -2.43. The van der Waals surface area contributed by atoms with Crippen LogP contribution in [-0.2, 0) is 16.0 Å². The first kappa shape index (κ1) is 20.3. The largest absolute Gasteiger partial charge is 0.494 e. The molecule has 6 heteroatoms. The third-order valence-corrected chi connectivity index (χ3v) is 3.86. The van der Waals surface area contributed by atoms with Crippen LogP contribution in [0.5, 0.6) is 11.5 Å². The van der Waals surface area contributed by atoms with Crippen molar-refractivity contribution in [3.8, 4) is 11.5 Å². The van der Waals surface area contributed by atoms with Crippen LogP contribution in [0.4, 0.5) is 0 Å². The number of carbonyl (C=O) groups is 2. The van der Waals surface area contributed by atoms with Gasteiger partial charge in [-0.25, -0.2) is 0 Å². The molecule has 0 aliphatic carbocycles. The second-order valence-corrected chi connectivity index (χ2v) is 6.11. The Morgan fingerprint density at radius 2 is 1.74 bits per heavy atom. The molecular formula is C21H26N2O4. The zero-order valence-corrected chi connectivity index (χ0v) is 15.8. The molecule has 6 nitrogen and oxygen atoms in total. The summed E-state index contributed by atoms with van der Waals surface area (Å²) in [4.78, 5) is 23.6. The Balaban J connectivity index is 1.60. The second kappa shape index (κ2) is 10.9. The normalized spacial score (nSPS) is 10.1. The maximum absolute atomic E-state index is 11.8. The van der Waals surface area contributed by atoms with Crippen molar-refractivity contribution in [3.63, 3.8) is 0 Å². The predicted molar refractivity (Wildman–Crippen MR) is 104 cm³/mol. The Kier molecular flexibility index (Phi) is 8.16. The van der Waals surface area contributed by atoms with Crippen molar-refractivity contribution in [1.29, 1.82) is 0 Å². The van der Waals surface area contributed by atoms with Crippen molar-refractivity contribution in [1.82, 2.24) is 10.9 Å². The van der Waals surface area contributed by atoms with E-state index in [0.29, 0.717) is 18.8 Å². The summed E-state index contributed by atoms with van der Waals surface area (Å²) in [5, 5.41) is 0.